The maximum absolute atomic E-state index is 11.3. The van der Waals surface area contributed by atoms with Crippen LogP contribution in [0.2, 0.25) is 0 Å². The summed E-state index contributed by atoms with van der Waals surface area (Å²) in [7, 11) is 4.26. The lowest BCUT2D eigenvalue weighted by Crippen LogP contribution is -2.53. The van der Waals surface area contributed by atoms with Crippen LogP contribution in [0.4, 0.5) is 0 Å². The Bertz CT molecular complexity index is 213. The van der Waals surface area contributed by atoms with Crippen LogP contribution in [0.1, 0.15) is 45.4 Å². The van der Waals surface area contributed by atoms with Crippen molar-refractivity contribution in [3.63, 3.8) is 0 Å². The normalized spacial score (nSPS) is 19.0. The van der Waals surface area contributed by atoms with E-state index in [0.717, 1.165) is 6.54 Å². The SMILES string of the molecule is CCC(=O)NCC1(N(C)C)CCCCC1.Cl. The van der Waals surface area contributed by atoms with Crippen LogP contribution in [0.25, 0.3) is 0 Å². The predicted molar refractivity (Wildman–Crippen MR) is 70.1 cm³/mol. The summed E-state index contributed by atoms with van der Waals surface area (Å²) in [5.74, 6) is 0.168. The first-order valence-electron chi connectivity index (χ1n) is 6.05. The van der Waals surface area contributed by atoms with Gasteiger partial charge in [-0.2, -0.15) is 0 Å². The van der Waals surface area contributed by atoms with E-state index in [9.17, 15) is 4.79 Å². The van der Waals surface area contributed by atoms with E-state index in [2.05, 4.69) is 24.3 Å². The summed E-state index contributed by atoms with van der Waals surface area (Å²) in [6.07, 6.45) is 6.94. The van der Waals surface area contributed by atoms with Crippen LogP contribution in [0.5, 0.6) is 0 Å². The maximum atomic E-state index is 11.3. The standard InChI is InChI=1S/C12H24N2O.ClH/c1-4-11(15)13-10-12(14(2)3)8-6-5-7-9-12;/h4-10H2,1-3H3,(H,13,15);1H. The first kappa shape index (κ1) is 15.7. The number of amides is 1. The lowest BCUT2D eigenvalue weighted by molar-refractivity contribution is -0.121. The van der Waals surface area contributed by atoms with E-state index in [1.807, 2.05) is 6.92 Å². The molecule has 0 spiro atoms. The lowest BCUT2D eigenvalue weighted by Gasteiger charge is -2.43. The molecule has 4 heteroatoms. The summed E-state index contributed by atoms with van der Waals surface area (Å²) < 4.78 is 0. The molecule has 0 aromatic carbocycles. The van der Waals surface area contributed by atoms with E-state index in [-0.39, 0.29) is 23.9 Å². The van der Waals surface area contributed by atoms with Crippen LogP contribution in [0.3, 0.4) is 0 Å². The molecule has 1 rings (SSSR count). The van der Waals surface area contributed by atoms with Crippen molar-refractivity contribution in [2.24, 2.45) is 0 Å². The molecule has 1 fully saturated rings. The summed E-state index contributed by atoms with van der Waals surface area (Å²) in [6, 6.07) is 0. The summed E-state index contributed by atoms with van der Waals surface area (Å²) >= 11 is 0. The second kappa shape index (κ2) is 7.13. The Balaban J connectivity index is 0.00000225. The summed E-state index contributed by atoms with van der Waals surface area (Å²) in [6.45, 7) is 2.71. The highest BCUT2D eigenvalue weighted by molar-refractivity contribution is 5.85. The van der Waals surface area contributed by atoms with Crippen LogP contribution in [0, 0.1) is 0 Å². The topological polar surface area (TPSA) is 32.3 Å². The van der Waals surface area contributed by atoms with E-state index in [0.29, 0.717) is 6.42 Å². The van der Waals surface area contributed by atoms with Crippen LogP contribution < -0.4 is 5.32 Å². The molecule has 0 aliphatic heterocycles. The Morgan fingerprint density at radius 3 is 2.25 bits per heavy atom. The Hall–Kier alpha value is -0.280. The van der Waals surface area contributed by atoms with Gasteiger partial charge in [-0.15, -0.1) is 12.4 Å². The van der Waals surface area contributed by atoms with Gasteiger partial charge in [0.1, 0.15) is 0 Å². The number of nitrogens with one attached hydrogen (secondary N) is 1. The molecule has 3 nitrogen and oxygen atoms in total. The zero-order valence-electron chi connectivity index (χ0n) is 10.7. The lowest BCUT2D eigenvalue weighted by atomic mass is 9.80. The molecule has 0 aromatic rings. The summed E-state index contributed by atoms with van der Waals surface area (Å²) in [5, 5.41) is 3.04. The number of rotatable bonds is 4. The van der Waals surface area contributed by atoms with Crippen molar-refractivity contribution in [2.45, 2.75) is 51.0 Å². The van der Waals surface area contributed by atoms with Crippen LogP contribution in [0.15, 0.2) is 0 Å². The Kier molecular flexibility index (Phi) is 7.00. The second-order valence-electron chi connectivity index (χ2n) is 4.81. The average molecular weight is 249 g/mol. The van der Waals surface area contributed by atoms with Crippen molar-refractivity contribution < 1.29 is 4.79 Å². The largest absolute Gasteiger partial charge is 0.354 e. The number of hydrogen-bond donors (Lipinski definition) is 1. The van der Waals surface area contributed by atoms with E-state index in [4.69, 9.17) is 0 Å². The fraction of sp³-hybridized carbons (Fsp3) is 0.917. The van der Waals surface area contributed by atoms with Gasteiger partial charge in [-0.1, -0.05) is 26.2 Å². The maximum Gasteiger partial charge on any atom is 0.219 e. The molecule has 1 aliphatic carbocycles. The molecule has 96 valence electrons. The Morgan fingerprint density at radius 2 is 1.81 bits per heavy atom. The summed E-state index contributed by atoms with van der Waals surface area (Å²) in [5.41, 5.74) is 0.211. The smallest absolute Gasteiger partial charge is 0.219 e. The van der Waals surface area contributed by atoms with E-state index in [1.54, 1.807) is 0 Å². The molecule has 16 heavy (non-hydrogen) atoms. The highest BCUT2D eigenvalue weighted by Gasteiger charge is 2.34. The molecular weight excluding hydrogens is 224 g/mol. The van der Waals surface area contributed by atoms with Gasteiger partial charge in [-0.05, 0) is 26.9 Å². The van der Waals surface area contributed by atoms with Crippen molar-refractivity contribution in [1.29, 1.82) is 0 Å². The van der Waals surface area contributed by atoms with Gasteiger partial charge in [0.05, 0.1) is 0 Å². The molecular formula is C12H25ClN2O. The number of carbonyl (C=O) groups is 1. The first-order valence-corrected chi connectivity index (χ1v) is 6.05. The molecule has 0 radical (unpaired) electrons. The van der Waals surface area contributed by atoms with Crippen LogP contribution >= 0.6 is 12.4 Å². The van der Waals surface area contributed by atoms with Crippen molar-refractivity contribution >= 4 is 18.3 Å². The van der Waals surface area contributed by atoms with Crippen molar-refractivity contribution in [1.82, 2.24) is 10.2 Å². The molecule has 1 saturated carbocycles. The molecule has 0 aromatic heterocycles. The first-order chi connectivity index (χ1) is 7.10. The number of likely N-dealkylation sites (N-methyl/N-ethyl adjacent to an activating group) is 1. The van der Waals surface area contributed by atoms with Crippen LogP contribution in [-0.4, -0.2) is 37.0 Å². The number of hydrogen-bond acceptors (Lipinski definition) is 2. The molecule has 1 N–H and O–H groups in total. The molecule has 1 aliphatic rings. The fourth-order valence-electron chi connectivity index (χ4n) is 2.38. The molecule has 0 heterocycles. The van der Waals surface area contributed by atoms with Gasteiger partial charge in [-0.3, -0.25) is 4.79 Å². The van der Waals surface area contributed by atoms with Crippen molar-refractivity contribution in [3.05, 3.63) is 0 Å². The third-order valence-electron chi connectivity index (χ3n) is 3.67. The third-order valence-corrected chi connectivity index (χ3v) is 3.67. The van der Waals surface area contributed by atoms with Gasteiger partial charge in [-0.25, -0.2) is 0 Å². The number of halogens is 1. The highest BCUT2D eigenvalue weighted by atomic mass is 35.5. The van der Waals surface area contributed by atoms with E-state index < -0.39 is 0 Å². The monoisotopic (exact) mass is 248 g/mol. The second-order valence-corrected chi connectivity index (χ2v) is 4.81. The third kappa shape index (κ3) is 3.95. The van der Waals surface area contributed by atoms with Crippen molar-refractivity contribution in [3.8, 4) is 0 Å². The van der Waals surface area contributed by atoms with Gasteiger partial charge in [0.25, 0.3) is 0 Å². The molecule has 1 amide bonds. The minimum Gasteiger partial charge on any atom is -0.354 e. The predicted octanol–water partition coefficient (Wildman–Crippen LogP) is 2.20. The highest BCUT2D eigenvalue weighted by Crippen LogP contribution is 2.31. The van der Waals surface area contributed by atoms with Gasteiger partial charge >= 0.3 is 0 Å². The molecule has 0 atom stereocenters. The van der Waals surface area contributed by atoms with Gasteiger partial charge in [0.15, 0.2) is 0 Å². The summed E-state index contributed by atoms with van der Waals surface area (Å²) in [4.78, 5) is 13.6. The minimum atomic E-state index is 0. The Labute approximate surface area is 105 Å². The zero-order valence-corrected chi connectivity index (χ0v) is 11.5. The van der Waals surface area contributed by atoms with Crippen molar-refractivity contribution in [2.75, 3.05) is 20.6 Å². The van der Waals surface area contributed by atoms with Gasteiger partial charge in [0, 0.05) is 18.5 Å². The Morgan fingerprint density at radius 1 is 1.25 bits per heavy atom. The molecule has 0 unspecified atom stereocenters. The number of nitrogens with zero attached hydrogens (tertiary/aromatic N) is 1. The zero-order chi connectivity index (χ0) is 11.3. The van der Waals surface area contributed by atoms with Gasteiger partial charge in [0.2, 0.25) is 5.91 Å². The number of carbonyl (C=O) groups excluding carboxylic acids is 1. The minimum absolute atomic E-state index is 0. The average Bonchev–Trinajstić information content (AvgIpc) is 2.27. The molecule has 0 saturated heterocycles. The molecule has 0 bridgehead atoms. The van der Waals surface area contributed by atoms with Crippen LogP contribution in [-0.2, 0) is 4.79 Å². The van der Waals surface area contributed by atoms with Gasteiger partial charge < -0.3 is 10.2 Å². The fourth-order valence-corrected chi connectivity index (χ4v) is 2.38. The van der Waals surface area contributed by atoms with E-state index in [1.165, 1.54) is 32.1 Å². The van der Waals surface area contributed by atoms with E-state index >= 15 is 0 Å². The quantitative estimate of drug-likeness (QED) is 0.827.